The predicted molar refractivity (Wildman–Crippen MR) is 106 cm³/mol. The van der Waals surface area contributed by atoms with Gasteiger partial charge in [0.05, 0.1) is 35.6 Å². The summed E-state index contributed by atoms with van der Waals surface area (Å²) in [5.74, 6) is 0.849. The SMILES string of the molecule is COc1ccc(NC(=O)c2sc(C3CCCOC3)nc2C)c2ncccc12. The third kappa shape index (κ3) is 3.52. The minimum atomic E-state index is -0.162. The van der Waals surface area contributed by atoms with Gasteiger partial charge in [-0.2, -0.15) is 0 Å². The Labute approximate surface area is 161 Å². The molecule has 1 aromatic carbocycles. The highest BCUT2D eigenvalue weighted by Crippen LogP contribution is 2.33. The molecule has 1 aliphatic rings. The number of amides is 1. The number of nitrogens with one attached hydrogen (secondary N) is 1. The molecule has 27 heavy (non-hydrogen) atoms. The monoisotopic (exact) mass is 383 g/mol. The van der Waals surface area contributed by atoms with Crippen LogP contribution in [0.1, 0.15) is 39.1 Å². The van der Waals surface area contributed by atoms with E-state index in [1.807, 2.05) is 31.2 Å². The number of benzene rings is 1. The van der Waals surface area contributed by atoms with Crippen molar-refractivity contribution in [1.82, 2.24) is 9.97 Å². The summed E-state index contributed by atoms with van der Waals surface area (Å²) in [6.45, 7) is 3.37. The number of thiazole rings is 1. The fourth-order valence-corrected chi connectivity index (χ4v) is 4.42. The Balaban J connectivity index is 1.61. The van der Waals surface area contributed by atoms with Gasteiger partial charge >= 0.3 is 0 Å². The minimum absolute atomic E-state index is 0.162. The second-order valence-electron chi connectivity index (χ2n) is 6.55. The van der Waals surface area contributed by atoms with E-state index in [0.717, 1.165) is 41.3 Å². The fraction of sp³-hybridized carbons (Fsp3) is 0.350. The van der Waals surface area contributed by atoms with Crippen molar-refractivity contribution in [2.24, 2.45) is 0 Å². The van der Waals surface area contributed by atoms with E-state index in [4.69, 9.17) is 9.47 Å². The average Bonchev–Trinajstić information content (AvgIpc) is 3.11. The minimum Gasteiger partial charge on any atom is -0.496 e. The molecule has 2 aromatic heterocycles. The first-order valence-electron chi connectivity index (χ1n) is 8.95. The maximum atomic E-state index is 12.9. The Morgan fingerprint density at radius 2 is 2.26 bits per heavy atom. The first kappa shape index (κ1) is 17.9. The van der Waals surface area contributed by atoms with E-state index >= 15 is 0 Å². The van der Waals surface area contributed by atoms with Crippen molar-refractivity contribution in [3.63, 3.8) is 0 Å². The molecule has 1 amide bonds. The summed E-state index contributed by atoms with van der Waals surface area (Å²) < 4.78 is 10.9. The molecule has 1 fully saturated rings. The van der Waals surface area contributed by atoms with Gasteiger partial charge < -0.3 is 14.8 Å². The number of pyridine rings is 1. The number of hydrogen-bond donors (Lipinski definition) is 1. The smallest absolute Gasteiger partial charge is 0.267 e. The molecule has 0 bridgehead atoms. The lowest BCUT2D eigenvalue weighted by Gasteiger charge is -2.19. The van der Waals surface area contributed by atoms with E-state index < -0.39 is 0 Å². The van der Waals surface area contributed by atoms with Crippen LogP contribution in [0.3, 0.4) is 0 Å². The molecule has 3 aromatic rings. The Bertz CT molecular complexity index is 980. The number of aryl methyl sites for hydroxylation is 1. The number of carbonyl (C=O) groups excluding carboxylic acids is 1. The van der Waals surface area contributed by atoms with Gasteiger partial charge in [-0.3, -0.25) is 9.78 Å². The van der Waals surface area contributed by atoms with Crippen molar-refractivity contribution in [1.29, 1.82) is 0 Å². The number of methoxy groups -OCH3 is 1. The van der Waals surface area contributed by atoms with Gasteiger partial charge in [-0.15, -0.1) is 11.3 Å². The van der Waals surface area contributed by atoms with Crippen LogP contribution in [0.15, 0.2) is 30.5 Å². The van der Waals surface area contributed by atoms with E-state index in [-0.39, 0.29) is 11.8 Å². The van der Waals surface area contributed by atoms with Crippen molar-refractivity contribution in [3.8, 4) is 5.75 Å². The van der Waals surface area contributed by atoms with Gasteiger partial charge in [0.25, 0.3) is 5.91 Å². The topological polar surface area (TPSA) is 73.3 Å². The number of aromatic nitrogens is 2. The first-order valence-corrected chi connectivity index (χ1v) is 9.77. The highest BCUT2D eigenvalue weighted by Gasteiger charge is 2.23. The zero-order chi connectivity index (χ0) is 18.8. The van der Waals surface area contributed by atoms with Crippen molar-refractivity contribution in [3.05, 3.63) is 46.0 Å². The van der Waals surface area contributed by atoms with Gasteiger partial charge in [-0.1, -0.05) is 0 Å². The second-order valence-corrected chi connectivity index (χ2v) is 7.58. The van der Waals surface area contributed by atoms with Crippen LogP contribution in [-0.4, -0.2) is 36.2 Å². The van der Waals surface area contributed by atoms with E-state index in [2.05, 4.69) is 15.3 Å². The fourth-order valence-electron chi connectivity index (χ4n) is 3.34. The molecule has 0 radical (unpaired) electrons. The molecule has 140 valence electrons. The lowest BCUT2D eigenvalue weighted by molar-refractivity contribution is 0.0803. The predicted octanol–water partition coefficient (Wildman–Crippen LogP) is 4.15. The zero-order valence-corrected chi connectivity index (χ0v) is 16.1. The largest absolute Gasteiger partial charge is 0.496 e. The molecule has 0 aliphatic carbocycles. The Hall–Kier alpha value is -2.51. The molecule has 3 heterocycles. The molecule has 1 aliphatic heterocycles. The summed E-state index contributed by atoms with van der Waals surface area (Å²) >= 11 is 1.46. The number of fused-ring (bicyclic) bond motifs is 1. The molecule has 1 saturated heterocycles. The van der Waals surface area contributed by atoms with Crippen LogP contribution >= 0.6 is 11.3 Å². The Kier molecular flexibility index (Phi) is 5.05. The van der Waals surface area contributed by atoms with Crippen LogP contribution in [0.2, 0.25) is 0 Å². The lowest BCUT2D eigenvalue weighted by Crippen LogP contribution is -2.15. The maximum absolute atomic E-state index is 12.9. The number of rotatable bonds is 4. The van der Waals surface area contributed by atoms with Gasteiger partial charge in [0.2, 0.25) is 0 Å². The normalized spacial score (nSPS) is 17.0. The molecule has 1 unspecified atom stereocenters. The van der Waals surface area contributed by atoms with E-state index in [1.54, 1.807) is 13.3 Å². The third-order valence-electron chi connectivity index (χ3n) is 4.73. The van der Waals surface area contributed by atoms with Gasteiger partial charge in [-0.05, 0) is 44.0 Å². The summed E-state index contributed by atoms with van der Waals surface area (Å²) in [4.78, 5) is 22.6. The van der Waals surface area contributed by atoms with Crippen molar-refractivity contribution in [2.75, 3.05) is 25.6 Å². The van der Waals surface area contributed by atoms with Crippen molar-refractivity contribution < 1.29 is 14.3 Å². The molecule has 0 saturated carbocycles. The summed E-state index contributed by atoms with van der Waals surface area (Å²) in [5.41, 5.74) is 2.11. The van der Waals surface area contributed by atoms with Crippen LogP contribution < -0.4 is 10.1 Å². The molecule has 1 N–H and O–H groups in total. The van der Waals surface area contributed by atoms with Gasteiger partial charge in [0.15, 0.2) is 0 Å². The molecular weight excluding hydrogens is 362 g/mol. The first-order chi connectivity index (χ1) is 13.2. The molecular formula is C20H21N3O3S. The van der Waals surface area contributed by atoms with Crippen LogP contribution in [0.25, 0.3) is 10.9 Å². The number of anilines is 1. The summed E-state index contributed by atoms with van der Waals surface area (Å²) in [5, 5.41) is 4.83. The number of nitrogens with zero attached hydrogens (tertiary/aromatic N) is 2. The van der Waals surface area contributed by atoms with E-state index in [9.17, 15) is 4.79 Å². The number of ether oxygens (including phenoxy) is 2. The quantitative estimate of drug-likeness (QED) is 0.732. The Morgan fingerprint density at radius 3 is 3.04 bits per heavy atom. The Morgan fingerprint density at radius 1 is 1.37 bits per heavy atom. The molecule has 0 spiro atoms. The molecule has 7 heteroatoms. The summed E-state index contributed by atoms with van der Waals surface area (Å²) in [6, 6.07) is 7.43. The average molecular weight is 383 g/mol. The molecule has 6 nitrogen and oxygen atoms in total. The van der Waals surface area contributed by atoms with Gasteiger partial charge in [0.1, 0.15) is 10.6 Å². The number of carbonyl (C=O) groups is 1. The maximum Gasteiger partial charge on any atom is 0.267 e. The highest BCUT2D eigenvalue weighted by atomic mass is 32.1. The van der Waals surface area contributed by atoms with E-state index in [1.165, 1.54) is 11.3 Å². The van der Waals surface area contributed by atoms with Gasteiger partial charge in [0, 0.05) is 24.1 Å². The summed E-state index contributed by atoms with van der Waals surface area (Å²) in [7, 11) is 1.62. The second kappa shape index (κ2) is 7.62. The lowest BCUT2D eigenvalue weighted by atomic mass is 10.0. The van der Waals surface area contributed by atoms with Crippen LogP contribution in [-0.2, 0) is 4.74 Å². The molecule has 4 rings (SSSR count). The molecule has 1 atom stereocenters. The van der Waals surface area contributed by atoms with Crippen LogP contribution in [0, 0.1) is 6.92 Å². The van der Waals surface area contributed by atoms with E-state index in [0.29, 0.717) is 22.7 Å². The zero-order valence-electron chi connectivity index (χ0n) is 15.3. The third-order valence-corrected chi connectivity index (χ3v) is 6.05. The van der Waals surface area contributed by atoms with Crippen LogP contribution in [0.5, 0.6) is 5.75 Å². The summed E-state index contributed by atoms with van der Waals surface area (Å²) in [6.07, 6.45) is 3.80. The van der Waals surface area contributed by atoms with Gasteiger partial charge in [-0.25, -0.2) is 4.98 Å². The van der Waals surface area contributed by atoms with Crippen molar-refractivity contribution >= 4 is 33.8 Å². The highest BCUT2D eigenvalue weighted by molar-refractivity contribution is 7.14. The van der Waals surface area contributed by atoms with Crippen molar-refractivity contribution in [2.45, 2.75) is 25.7 Å². The van der Waals surface area contributed by atoms with Crippen LogP contribution in [0.4, 0.5) is 5.69 Å². The number of hydrogen-bond acceptors (Lipinski definition) is 6. The standard InChI is InChI=1S/C20H21N3O3S/c1-12-18(27-20(22-12)13-5-4-10-26-11-13)19(24)23-15-7-8-16(25-2)14-6-3-9-21-17(14)15/h3,6-9,13H,4-5,10-11H2,1-2H3,(H,23,24).